The van der Waals surface area contributed by atoms with E-state index >= 15 is 0 Å². The molecule has 0 unspecified atom stereocenters. The molecule has 1 aromatic carbocycles. The summed E-state index contributed by atoms with van der Waals surface area (Å²) >= 11 is 0. The monoisotopic (exact) mass is 263 g/mol. The van der Waals surface area contributed by atoms with Gasteiger partial charge in [0.25, 0.3) is 0 Å². The summed E-state index contributed by atoms with van der Waals surface area (Å²) in [4.78, 5) is 15.9. The predicted octanol–water partition coefficient (Wildman–Crippen LogP) is 0.350. The van der Waals surface area contributed by atoms with Crippen molar-refractivity contribution in [3.8, 4) is 0 Å². The van der Waals surface area contributed by atoms with Crippen molar-refractivity contribution >= 4 is 17.2 Å². The second-order valence-corrected chi connectivity index (χ2v) is 4.20. The average Bonchev–Trinajstić information content (AvgIpc) is 2.33. The summed E-state index contributed by atoms with van der Waals surface area (Å²) in [5.74, 6) is -0.0506. The summed E-state index contributed by atoms with van der Waals surface area (Å²) in [5, 5.41) is 0. The summed E-state index contributed by atoms with van der Waals surface area (Å²) in [6, 6.07) is 7.98. The first-order valence-electron chi connectivity index (χ1n) is 5.55. The van der Waals surface area contributed by atoms with Crippen LogP contribution in [0.25, 0.3) is 0 Å². The second-order valence-electron chi connectivity index (χ2n) is 4.20. The Labute approximate surface area is 150 Å². The molecule has 1 aliphatic rings. The van der Waals surface area contributed by atoms with E-state index in [1.165, 1.54) is 5.56 Å². The van der Waals surface area contributed by atoms with Gasteiger partial charge in [0.05, 0.1) is 5.78 Å². The first kappa shape index (κ1) is 15.7. The SMILES string of the molecule is CC1=C(C)C(=Nc2ccc(C)cc2)C=[C-]C1=O.[K+]. The van der Waals surface area contributed by atoms with Crippen molar-refractivity contribution in [1.29, 1.82) is 0 Å². The molecule has 0 atom stereocenters. The van der Waals surface area contributed by atoms with Crippen molar-refractivity contribution < 1.29 is 56.2 Å². The Hall–Kier alpha value is -0.324. The van der Waals surface area contributed by atoms with Crippen molar-refractivity contribution in [2.45, 2.75) is 20.8 Å². The molecule has 0 saturated heterocycles. The Morgan fingerprint density at radius 3 is 2.22 bits per heavy atom. The maximum Gasteiger partial charge on any atom is 1.00 e. The number of hydrogen-bond donors (Lipinski definition) is 0. The van der Waals surface area contributed by atoms with Gasteiger partial charge in [-0.15, -0.1) is 23.3 Å². The summed E-state index contributed by atoms with van der Waals surface area (Å²) in [6.45, 7) is 5.76. The van der Waals surface area contributed by atoms with Gasteiger partial charge in [-0.1, -0.05) is 31.5 Å². The van der Waals surface area contributed by atoms with Gasteiger partial charge in [0, 0.05) is 5.69 Å². The van der Waals surface area contributed by atoms with E-state index in [4.69, 9.17) is 0 Å². The molecule has 0 N–H and O–H groups in total. The molecule has 3 heteroatoms. The molecule has 0 saturated carbocycles. The number of aliphatic imine (C=N–C) groups is 1. The van der Waals surface area contributed by atoms with Gasteiger partial charge >= 0.3 is 51.4 Å². The van der Waals surface area contributed by atoms with E-state index in [9.17, 15) is 4.79 Å². The van der Waals surface area contributed by atoms with Crippen LogP contribution in [0, 0.1) is 13.0 Å². The van der Waals surface area contributed by atoms with E-state index in [1.807, 2.05) is 45.0 Å². The molecule has 0 radical (unpaired) electrons. The van der Waals surface area contributed by atoms with E-state index in [0.717, 1.165) is 22.5 Å². The van der Waals surface area contributed by atoms with Crippen LogP contribution < -0.4 is 51.4 Å². The fraction of sp³-hybridized carbons (Fsp3) is 0.200. The number of carbonyl (C=O) groups excluding carboxylic acids is 1. The Morgan fingerprint density at radius 1 is 1.00 bits per heavy atom. The minimum atomic E-state index is -0.0506. The molecule has 1 aromatic rings. The summed E-state index contributed by atoms with van der Waals surface area (Å²) in [5.41, 5.74) is 4.56. The minimum absolute atomic E-state index is 0. The van der Waals surface area contributed by atoms with Crippen molar-refractivity contribution in [2.24, 2.45) is 4.99 Å². The van der Waals surface area contributed by atoms with Gasteiger partial charge in [-0.3, -0.25) is 0 Å². The average molecular weight is 263 g/mol. The number of rotatable bonds is 1. The van der Waals surface area contributed by atoms with E-state index in [0.29, 0.717) is 0 Å². The van der Waals surface area contributed by atoms with E-state index in [1.54, 1.807) is 6.08 Å². The first-order valence-corrected chi connectivity index (χ1v) is 5.55. The fourth-order valence-corrected chi connectivity index (χ4v) is 1.59. The van der Waals surface area contributed by atoms with Crippen molar-refractivity contribution in [1.82, 2.24) is 0 Å². The molecule has 0 amide bonds. The molecular formula is C15H14KNO. The van der Waals surface area contributed by atoms with Gasteiger partial charge in [0.15, 0.2) is 0 Å². The Balaban J connectivity index is 0.00000162. The zero-order valence-corrected chi connectivity index (χ0v) is 14.4. The molecule has 2 nitrogen and oxygen atoms in total. The van der Waals surface area contributed by atoms with Crippen molar-refractivity contribution in [3.63, 3.8) is 0 Å². The number of ketones is 1. The molecule has 86 valence electrons. The van der Waals surface area contributed by atoms with Crippen LogP contribution in [0.2, 0.25) is 0 Å². The second kappa shape index (κ2) is 6.73. The van der Waals surface area contributed by atoms with Gasteiger partial charge < -0.3 is 9.79 Å². The van der Waals surface area contributed by atoms with Crippen LogP contribution >= 0.6 is 0 Å². The third-order valence-electron chi connectivity index (χ3n) is 2.91. The normalized spacial score (nSPS) is 17.1. The van der Waals surface area contributed by atoms with Crippen LogP contribution in [0.1, 0.15) is 19.4 Å². The standard InChI is InChI=1S/C15H14NO.K/c1-10-4-6-13(7-5-10)16-14-8-9-15(17)12(3)11(14)2;/h4-8H,1-3H3;/q-1;+1. The van der Waals surface area contributed by atoms with Crippen LogP contribution in [0.15, 0.2) is 46.5 Å². The van der Waals surface area contributed by atoms with E-state index < -0.39 is 0 Å². The van der Waals surface area contributed by atoms with Gasteiger partial charge in [-0.2, -0.15) is 0 Å². The molecule has 2 rings (SSSR count). The Morgan fingerprint density at radius 2 is 1.61 bits per heavy atom. The number of aryl methyl sites for hydroxylation is 1. The van der Waals surface area contributed by atoms with Gasteiger partial charge in [0.1, 0.15) is 0 Å². The number of carbonyl (C=O) groups is 1. The maximum absolute atomic E-state index is 11.4. The third kappa shape index (κ3) is 3.59. The number of hydrogen-bond acceptors (Lipinski definition) is 2. The van der Waals surface area contributed by atoms with Gasteiger partial charge in [0.2, 0.25) is 0 Å². The molecular weight excluding hydrogens is 249 g/mol. The molecule has 0 aliphatic heterocycles. The number of Topliss-reactive ketones (excluding diaryl/α,β-unsaturated/α-hetero) is 1. The Bertz CT molecular complexity index is 550. The minimum Gasteiger partial charge on any atom is -0.319 e. The van der Waals surface area contributed by atoms with Crippen LogP contribution in [0.5, 0.6) is 0 Å². The summed E-state index contributed by atoms with van der Waals surface area (Å²) in [7, 11) is 0. The number of allylic oxidation sites excluding steroid dienone is 4. The largest absolute Gasteiger partial charge is 1.00 e. The predicted molar refractivity (Wildman–Crippen MR) is 69.5 cm³/mol. The van der Waals surface area contributed by atoms with Crippen molar-refractivity contribution in [3.05, 3.63) is 53.1 Å². The van der Waals surface area contributed by atoms with Crippen LogP contribution in [-0.4, -0.2) is 11.5 Å². The van der Waals surface area contributed by atoms with Gasteiger partial charge in [-0.05, 0) is 24.8 Å². The molecule has 0 fully saturated rings. The first-order chi connectivity index (χ1) is 8.08. The smallest absolute Gasteiger partial charge is 0.319 e. The molecule has 0 aromatic heterocycles. The summed E-state index contributed by atoms with van der Waals surface area (Å²) < 4.78 is 0. The van der Waals surface area contributed by atoms with Crippen LogP contribution in [0.4, 0.5) is 5.69 Å². The maximum atomic E-state index is 11.4. The van der Waals surface area contributed by atoms with Gasteiger partial charge in [-0.25, -0.2) is 0 Å². The molecule has 18 heavy (non-hydrogen) atoms. The van der Waals surface area contributed by atoms with Crippen LogP contribution in [0.3, 0.4) is 0 Å². The van der Waals surface area contributed by atoms with Crippen LogP contribution in [-0.2, 0) is 4.79 Å². The molecule has 0 bridgehead atoms. The summed E-state index contributed by atoms with van der Waals surface area (Å²) in [6.07, 6.45) is 4.35. The fourth-order valence-electron chi connectivity index (χ4n) is 1.59. The zero-order chi connectivity index (χ0) is 12.4. The van der Waals surface area contributed by atoms with E-state index in [-0.39, 0.29) is 57.2 Å². The number of benzene rings is 1. The molecule has 0 heterocycles. The number of nitrogens with zero attached hydrogens (tertiary/aromatic N) is 1. The molecule has 0 spiro atoms. The Kier molecular flexibility index (Phi) is 5.88. The quantitative estimate of drug-likeness (QED) is 0.408. The zero-order valence-electron chi connectivity index (χ0n) is 11.2. The molecule has 1 aliphatic carbocycles. The topological polar surface area (TPSA) is 29.4 Å². The third-order valence-corrected chi connectivity index (χ3v) is 2.91. The van der Waals surface area contributed by atoms with Crippen molar-refractivity contribution in [2.75, 3.05) is 0 Å². The van der Waals surface area contributed by atoms with E-state index in [2.05, 4.69) is 11.1 Å².